The van der Waals surface area contributed by atoms with E-state index in [1.54, 1.807) is 0 Å². The number of hydrogen-bond donors (Lipinski definition) is 1. The summed E-state index contributed by atoms with van der Waals surface area (Å²) in [6, 6.07) is 8.34. The molecule has 0 aromatic heterocycles. The van der Waals surface area contributed by atoms with Gasteiger partial charge in [-0.25, -0.2) is 4.79 Å². The molecule has 0 atom stereocenters. The number of benzene rings is 1. The van der Waals surface area contributed by atoms with Crippen LogP contribution in [0.3, 0.4) is 0 Å². The number of amides is 1. The lowest BCUT2D eigenvalue weighted by molar-refractivity contribution is 0.103. The third kappa shape index (κ3) is 5.63. The minimum atomic E-state index is -0.812. The van der Waals surface area contributed by atoms with Gasteiger partial charge in [-0.2, -0.15) is 0 Å². The maximum absolute atomic E-state index is 11.0. The monoisotopic (exact) mass is 346 g/mol. The molecule has 1 aromatic rings. The molecule has 0 bridgehead atoms. The second-order valence-corrected chi connectivity index (χ2v) is 7.33. The largest absolute Gasteiger partial charge is 0.494 e. The Bertz CT molecular complexity index is 550. The predicted molar refractivity (Wildman–Crippen MR) is 98.0 cm³/mol. The van der Waals surface area contributed by atoms with Crippen molar-refractivity contribution in [3.8, 4) is 5.75 Å². The molecule has 25 heavy (non-hydrogen) atoms. The SMILES string of the molecule is O=C(O)N1CCN(Cc2cccc(OCCC3CCCCC3)c2)CC1. The molecule has 138 valence electrons. The van der Waals surface area contributed by atoms with Gasteiger partial charge in [-0.3, -0.25) is 4.90 Å². The number of ether oxygens (including phenoxy) is 1. The van der Waals surface area contributed by atoms with Crippen LogP contribution in [0, 0.1) is 5.92 Å². The van der Waals surface area contributed by atoms with E-state index in [1.165, 1.54) is 49.0 Å². The molecule has 1 saturated carbocycles. The van der Waals surface area contributed by atoms with E-state index in [0.29, 0.717) is 13.1 Å². The van der Waals surface area contributed by atoms with Crippen molar-refractivity contribution in [2.24, 2.45) is 5.92 Å². The summed E-state index contributed by atoms with van der Waals surface area (Å²) in [6.45, 7) is 4.43. The minimum Gasteiger partial charge on any atom is -0.494 e. The van der Waals surface area contributed by atoms with Crippen LogP contribution in [0.5, 0.6) is 5.75 Å². The topological polar surface area (TPSA) is 53.0 Å². The van der Waals surface area contributed by atoms with E-state index in [4.69, 9.17) is 9.84 Å². The fourth-order valence-corrected chi connectivity index (χ4v) is 3.91. The van der Waals surface area contributed by atoms with Crippen LogP contribution in [0.1, 0.15) is 44.1 Å². The maximum atomic E-state index is 11.0. The summed E-state index contributed by atoms with van der Waals surface area (Å²) in [5.41, 5.74) is 1.24. The predicted octanol–water partition coefficient (Wildman–Crippen LogP) is 3.83. The lowest BCUT2D eigenvalue weighted by Crippen LogP contribution is -2.47. The molecule has 1 aliphatic carbocycles. The Balaban J connectivity index is 1.42. The second-order valence-electron chi connectivity index (χ2n) is 7.33. The van der Waals surface area contributed by atoms with E-state index in [9.17, 15) is 4.79 Å². The van der Waals surface area contributed by atoms with Crippen molar-refractivity contribution >= 4 is 6.09 Å². The molecule has 5 nitrogen and oxygen atoms in total. The first-order valence-electron chi connectivity index (χ1n) is 9.62. The Kier molecular flexibility index (Phi) is 6.56. The van der Waals surface area contributed by atoms with Gasteiger partial charge in [0.25, 0.3) is 0 Å². The zero-order chi connectivity index (χ0) is 17.5. The van der Waals surface area contributed by atoms with Crippen molar-refractivity contribution in [1.82, 2.24) is 9.80 Å². The van der Waals surface area contributed by atoms with Gasteiger partial charge in [0, 0.05) is 32.7 Å². The molecule has 1 aromatic carbocycles. The molecule has 1 aliphatic heterocycles. The van der Waals surface area contributed by atoms with E-state index in [-0.39, 0.29) is 0 Å². The third-order valence-corrected chi connectivity index (χ3v) is 5.47. The first kappa shape index (κ1) is 18.1. The highest BCUT2D eigenvalue weighted by atomic mass is 16.5. The Hall–Kier alpha value is -1.75. The van der Waals surface area contributed by atoms with E-state index >= 15 is 0 Å². The summed E-state index contributed by atoms with van der Waals surface area (Å²) in [5.74, 6) is 1.81. The van der Waals surface area contributed by atoms with Gasteiger partial charge in [0.05, 0.1) is 6.61 Å². The van der Waals surface area contributed by atoms with E-state index in [1.807, 2.05) is 6.07 Å². The highest BCUT2D eigenvalue weighted by Crippen LogP contribution is 2.26. The zero-order valence-corrected chi connectivity index (χ0v) is 15.0. The molecule has 1 heterocycles. The molecule has 0 radical (unpaired) electrons. The summed E-state index contributed by atoms with van der Waals surface area (Å²) in [4.78, 5) is 14.8. The number of rotatable bonds is 6. The quantitative estimate of drug-likeness (QED) is 0.850. The summed E-state index contributed by atoms with van der Waals surface area (Å²) in [7, 11) is 0. The standard InChI is InChI=1S/C20H30N2O3/c23-20(24)22-12-10-21(11-13-22)16-18-7-4-8-19(15-18)25-14-9-17-5-2-1-3-6-17/h4,7-8,15,17H,1-3,5-6,9-14,16H2,(H,23,24). The number of carboxylic acid groups (broad SMARTS) is 1. The molecule has 5 heteroatoms. The van der Waals surface area contributed by atoms with Gasteiger partial charge in [-0.05, 0) is 30.0 Å². The van der Waals surface area contributed by atoms with Crippen LogP contribution in [-0.2, 0) is 6.54 Å². The van der Waals surface area contributed by atoms with Crippen molar-refractivity contribution in [2.45, 2.75) is 45.1 Å². The second kappa shape index (κ2) is 9.09. The van der Waals surface area contributed by atoms with Gasteiger partial charge < -0.3 is 14.7 Å². The molecule has 1 saturated heterocycles. The van der Waals surface area contributed by atoms with Gasteiger partial charge in [0.1, 0.15) is 5.75 Å². The Morgan fingerprint density at radius 1 is 1.12 bits per heavy atom. The fraction of sp³-hybridized carbons (Fsp3) is 0.650. The van der Waals surface area contributed by atoms with E-state index in [2.05, 4.69) is 23.1 Å². The van der Waals surface area contributed by atoms with Crippen LogP contribution in [0.25, 0.3) is 0 Å². The molecule has 3 rings (SSSR count). The van der Waals surface area contributed by atoms with Crippen molar-refractivity contribution in [3.63, 3.8) is 0 Å². The maximum Gasteiger partial charge on any atom is 0.407 e. The summed E-state index contributed by atoms with van der Waals surface area (Å²) in [5, 5.41) is 9.02. The van der Waals surface area contributed by atoms with Crippen molar-refractivity contribution < 1.29 is 14.6 Å². The van der Waals surface area contributed by atoms with Crippen molar-refractivity contribution in [2.75, 3.05) is 32.8 Å². The van der Waals surface area contributed by atoms with Gasteiger partial charge >= 0.3 is 6.09 Å². The van der Waals surface area contributed by atoms with Gasteiger partial charge in [0.15, 0.2) is 0 Å². The molecule has 0 unspecified atom stereocenters. The van der Waals surface area contributed by atoms with Crippen molar-refractivity contribution in [1.29, 1.82) is 0 Å². The van der Waals surface area contributed by atoms with Crippen LogP contribution >= 0.6 is 0 Å². The normalized spacial score (nSPS) is 19.8. The summed E-state index contributed by atoms with van der Waals surface area (Å²) >= 11 is 0. The fourth-order valence-electron chi connectivity index (χ4n) is 3.91. The molecule has 2 aliphatic rings. The Morgan fingerprint density at radius 2 is 1.88 bits per heavy atom. The smallest absolute Gasteiger partial charge is 0.407 e. The van der Waals surface area contributed by atoms with Crippen LogP contribution in [0.2, 0.25) is 0 Å². The number of carbonyl (C=O) groups is 1. The zero-order valence-electron chi connectivity index (χ0n) is 15.0. The van der Waals surface area contributed by atoms with Gasteiger partial charge in [-0.15, -0.1) is 0 Å². The summed E-state index contributed by atoms with van der Waals surface area (Å²) in [6.07, 6.45) is 7.26. The third-order valence-electron chi connectivity index (χ3n) is 5.47. The average Bonchev–Trinajstić information content (AvgIpc) is 2.63. The Morgan fingerprint density at radius 3 is 2.60 bits per heavy atom. The van der Waals surface area contributed by atoms with Crippen LogP contribution < -0.4 is 4.74 Å². The number of nitrogens with zero attached hydrogens (tertiary/aromatic N) is 2. The first-order valence-corrected chi connectivity index (χ1v) is 9.62. The van der Waals surface area contributed by atoms with Gasteiger partial charge in [0.2, 0.25) is 0 Å². The summed E-state index contributed by atoms with van der Waals surface area (Å²) < 4.78 is 5.98. The average molecular weight is 346 g/mol. The highest BCUT2D eigenvalue weighted by Gasteiger charge is 2.20. The van der Waals surface area contributed by atoms with Crippen LogP contribution in [0.15, 0.2) is 24.3 Å². The minimum absolute atomic E-state index is 0.590. The highest BCUT2D eigenvalue weighted by molar-refractivity contribution is 5.65. The number of piperazine rings is 1. The van der Waals surface area contributed by atoms with E-state index in [0.717, 1.165) is 37.9 Å². The number of hydrogen-bond acceptors (Lipinski definition) is 3. The molecule has 1 amide bonds. The molecular weight excluding hydrogens is 316 g/mol. The molecular formula is C20H30N2O3. The van der Waals surface area contributed by atoms with Crippen LogP contribution in [0.4, 0.5) is 4.79 Å². The first-order chi connectivity index (χ1) is 12.2. The lowest BCUT2D eigenvalue weighted by Gasteiger charge is -2.33. The van der Waals surface area contributed by atoms with Crippen LogP contribution in [-0.4, -0.2) is 53.8 Å². The van der Waals surface area contributed by atoms with Crippen molar-refractivity contribution in [3.05, 3.63) is 29.8 Å². The Labute approximate surface area is 150 Å². The molecule has 2 fully saturated rings. The molecule has 1 N–H and O–H groups in total. The van der Waals surface area contributed by atoms with Gasteiger partial charge in [-0.1, -0.05) is 44.2 Å². The van der Waals surface area contributed by atoms with E-state index < -0.39 is 6.09 Å². The lowest BCUT2D eigenvalue weighted by atomic mass is 9.87. The molecule has 0 spiro atoms.